The van der Waals surface area contributed by atoms with Crippen molar-refractivity contribution in [2.45, 2.75) is 25.3 Å². The van der Waals surface area contributed by atoms with E-state index in [1.807, 2.05) is 29.2 Å². The Balaban J connectivity index is 1.33. The number of hydrogen-bond acceptors (Lipinski definition) is 7. The molecule has 3 aromatic rings. The van der Waals surface area contributed by atoms with Gasteiger partial charge in [-0.3, -0.25) is 4.79 Å². The molecule has 2 saturated heterocycles. The fraction of sp³-hybridized carbons (Fsp3) is 0.417. The van der Waals surface area contributed by atoms with Crippen LogP contribution in [0.4, 0.5) is 5.82 Å². The number of likely N-dealkylation sites (tertiary alicyclic amines) is 1. The van der Waals surface area contributed by atoms with Crippen molar-refractivity contribution in [3.63, 3.8) is 0 Å². The fourth-order valence-electron chi connectivity index (χ4n) is 4.50. The predicted octanol–water partition coefficient (Wildman–Crippen LogP) is 3.14. The van der Waals surface area contributed by atoms with Gasteiger partial charge in [0.05, 0.1) is 12.6 Å². The van der Waals surface area contributed by atoms with Gasteiger partial charge in [-0.15, -0.1) is 0 Å². The summed E-state index contributed by atoms with van der Waals surface area (Å²) in [7, 11) is 1.61. The Morgan fingerprint density at radius 2 is 1.94 bits per heavy atom. The van der Waals surface area contributed by atoms with Crippen molar-refractivity contribution in [2.24, 2.45) is 5.92 Å². The van der Waals surface area contributed by atoms with Crippen LogP contribution >= 0.6 is 0 Å². The van der Waals surface area contributed by atoms with Crippen LogP contribution in [0.3, 0.4) is 0 Å². The van der Waals surface area contributed by atoms with E-state index in [2.05, 4.69) is 26.3 Å². The van der Waals surface area contributed by atoms with Crippen molar-refractivity contribution in [1.82, 2.24) is 19.9 Å². The van der Waals surface area contributed by atoms with E-state index in [4.69, 9.17) is 9.47 Å². The first-order chi connectivity index (χ1) is 15.7. The quantitative estimate of drug-likeness (QED) is 0.661. The minimum Gasteiger partial charge on any atom is -0.481 e. The van der Waals surface area contributed by atoms with Gasteiger partial charge in [0.25, 0.3) is 0 Å². The first kappa shape index (κ1) is 20.6. The van der Waals surface area contributed by atoms with Crippen LogP contribution < -0.4 is 10.1 Å². The van der Waals surface area contributed by atoms with Gasteiger partial charge in [0.15, 0.2) is 0 Å². The Morgan fingerprint density at radius 1 is 1.09 bits per heavy atom. The van der Waals surface area contributed by atoms with Gasteiger partial charge in [-0.2, -0.15) is 0 Å². The van der Waals surface area contributed by atoms with Crippen molar-refractivity contribution in [3.8, 4) is 17.0 Å². The lowest BCUT2D eigenvalue weighted by Gasteiger charge is -2.26. The summed E-state index contributed by atoms with van der Waals surface area (Å²) in [5, 5.41) is 4.52. The molecule has 0 radical (unpaired) electrons. The van der Waals surface area contributed by atoms with Crippen LogP contribution in [-0.4, -0.2) is 65.2 Å². The molecular weight excluding hydrogens is 406 g/mol. The number of amides is 1. The van der Waals surface area contributed by atoms with Crippen molar-refractivity contribution in [2.75, 3.05) is 38.7 Å². The number of rotatable bonds is 5. The normalized spacial score (nSPS) is 19.3. The number of hydrogen-bond donors (Lipinski definition) is 1. The molecule has 1 N–H and O–H groups in total. The summed E-state index contributed by atoms with van der Waals surface area (Å²) < 4.78 is 10.6. The van der Waals surface area contributed by atoms with Crippen molar-refractivity contribution < 1.29 is 14.3 Å². The van der Waals surface area contributed by atoms with E-state index in [-0.39, 0.29) is 17.9 Å². The summed E-state index contributed by atoms with van der Waals surface area (Å²) in [5.74, 6) is 1.74. The molecule has 0 bridgehead atoms. The molecule has 4 heterocycles. The number of carbonyl (C=O) groups is 1. The average Bonchev–Trinajstić information content (AvgIpc) is 3.32. The second kappa shape index (κ2) is 9.08. The number of fused-ring (bicyclic) bond motifs is 1. The molecule has 166 valence electrons. The van der Waals surface area contributed by atoms with Gasteiger partial charge in [-0.1, -0.05) is 6.07 Å². The van der Waals surface area contributed by atoms with Crippen LogP contribution in [0, 0.1) is 5.92 Å². The lowest BCUT2D eigenvalue weighted by molar-refractivity contribution is -0.137. The number of methoxy groups -OCH3 is 1. The zero-order valence-corrected chi connectivity index (χ0v) is 18.2. The molecular formula is C24H27N5O3. The number of ether oxygens (including phenoxy) is 2. The standard InChI is InChI=1S/C24H27N5O3/c1-31-22-5-3-18(13-25-22)17-2-4-21-20(12-17)23(27-15-26-21)28-19-6-9-29(14-19)24(30)16-7-10-32-11-8-16/h2-5,12-13,15-16,19H,6-11,14H2,1H3,(H,26,27,28)/t19-/m0/s1. The number of anilines is 1. The summed E-state index contributed by atoms with van der Waals surface area (Å²) in [6, 6.07) is 10.1. The van der Waals surface area contributed by atoms with Gasteiger partial charge in [-0.05, 0) is 43.0 Å². The fourth-order valence-corrected chi connectivity index (χ4v) is 4.50. The second-order valence-electron chi connectivity index (χ2n) is 8.34. The highest BCUT2D eigenvalue weighted by Crippen LogP contribution is 2.29. The van der Waals surface area contributed by atoms with Crippen LogP contribution in [0.2, 0.25) is 0 Å². The molecule has 1 aromatic carbocycles. The van der Waals surface area contributed by atoms with E-state index in [1.165, 1.54) is 0 Å². The molecule has 5 rings (SSSR count). The molecule has 0 aliphatic carbocycles. The summed E-state index contributed by atoms with van der Waals surface area (Å²) >= 11 is 0. The van der Waals surface area contributed by atoms with Gasteiger partial charge >= 0.3 is 0 Å². The smallest absolute Gasteiger partial charge is 0.225 e. The highest BCUT2D eigenvalue weighted by atomic mass is 16.5. The first-order valence-corrected chi connectivity index (χ1v) is 11.1. The second-order valence-corrected chi connectivity index (χ2v) is 8.34. The van der Waals surface area contributed by atoms with Gasteiger partial charge in [0.1, 0.15) is 12.1 Å². The number of carbonyl (C=O) groups excluding carboxylic acids is 1. The van der Waals surface area contributed by atoms with Crippen LogP contribution in [0.5, 0.6) is 5.88 Å². The third kappa shape index (κ3) is 4.23. The van der Waals surface area contributed by atoms with Crippen molar-refractivity contribution in [1.29, 1.82) is 0 Å². The molecule has 2 fully saturated rings. The Bertz CT molecular complexity index is 1100. The van der Waals surface area contributed by atoms with E-state index in [0.717, 1.165) is 53.7 Å². The molecule has 8 heteroatoms. The number of pyridine rings is 1. The number of nitrogens with one attached hydrogen (secondary N) is 1. The highest BCUT2D eigenvalue weighted by Gasteiger charge is 2.32. The van der Waals surface area contributed by atoms with Crippen LogP contribution in [-0.2, 0) is 9.53 Å². The van der Waals surface area contributed by atoms with E-state index in [0.29, 0.717) is 25.6 Å². The number of nitrogens with zero attached hydrogens (tertiary/aromatic N) is 4. The van der Waals surface area contributed by atoms with Gasteiger partial charge in [0, 0.05) is 61.5 Å². The third-order valence-corrected chi connectivity index (χ3v) is 6.33. The summed E-state index contributed by atoms with van der Waals surface area (Å²) in [6.07, 6.45) is 5.94. The Morgan fingerprint density at radius 3 is 2.72 bits per heavy atom. The zero-order chi connectivity index (χ0) is 21.9. The van der Waals surface area contributed by atoms with Gasteiger partial charge in [-0.25, -0.2) is 15.0 Å². The summed E-state index contributed by atoms with van der Waals surface area (Å²) in [5.41, 5.74) is 2.91. The van der Waals surface area contributed by atoms with Gasteiger partial charge < -0.3 is 19.7 Å². The minimum atomic E-state index is 0.100. The van der Waals surface area contributed by atoms with E-state index in [9.17, 15) is 4.79 Å². The largest absolute Gasteiger partial charge is 0.481 e. The summed E-state index contributed by atoms with van der Waals surface area (Å²) in [6.45, 7) is 2.85. The third-order valence-electron chi connectivity index (χ3n) is 6.33. The van der Waals surface area contributed by atoms with Gasteiger partial charge in [0.2, 0.25) is 11.8 Å². The molecule has 0 saturated carbocycles. The Kier molecular flexibility index (Phi) is 5.85. The summed E-state index contributed by atoms with van der Waals surface area (Å²) in [4.78, 5) is 28.1. The SMILES string of the molecule is COc1ccc(-c2ccc3ncnc(N[C@H]4CCN(C(=O)C5CCOCC5)C4)c3c2)cn1. The van der Waals surface area contributed by atoms with E-state index < -0.39 is 0 Å². The molecule has 2 aliphatic rings. The highest BCUT2D eigenvalue weighted by molar-refractivity contribution is 5.92. The topological polar surface area (TPSA) is 89.5 Å². The maximum Gasteiger partial charge on any atom is 0.225 e. The van der Waals surface area contributed by atoms with Crippen molar-refractivity contribution >= 4 is 22.6 Å². The molecule has 2 aliphatic heterocycles. The lowest BCUT2D eigenvalue weighted by atomic mass is 9.99. The van der Waals surface area contributed by atoms with Crippen LogP contribution in [0.1, 0.15) is 19.3 Å². The Hall–Kier alpha value is -3.26. The zero-order valence-electron chi connectivity index (χ0n) is 18.2. The maximum atomic E-state index is 12.9. The van der Waals surface area contributed by atoms with Crippen LogP contribution in [0.25, 0.3) is 22.0 Å². The van der Waals surface area contributed by atoms with Crippen molar-refractivity contribution in [3.05, 3.63) is 42.9 Å². The molecule has 0 spiro atoms. The first-order valence-electron chi connectivity index (χ1n) is 11.1. The molecule has 1 amide bonds. The predicted molar refractivity (Wildman–Crippen MR) is 121 cm³/mol. The lowest BCUT2D eigenvalue weighted by Crippen LogP contribution is -2.38. The van der Waals surface area contributed by atoms with Crippen LogP contribution in [0.15, 0.2) is 42.9 Å². The Labute approximate surface area is 187 Å². The molecule has 32 heavy (non-hydrogen) atoms. The monoisotopic (exact) mass is 433 g/mol. The molecule has 2 aromatic heterocycles. The number of aromatic nitrogens is 3. The molecule has 8 nitrogen and oxygen atoms in total. The van der Waals surface area contributed by atoms with E-state index in [1.54, 1.807) is 19.6 Å². The number of benzene rings is 1. The average molecular weight is 434 g/mol. The molecule has 0 unspecified atom stereocenters. The minimum absolute atomic E-state index is 0.100. The van der Waals surface area contributed by atoms with E-state index >= 15 is 0 Å². The molecule has 1 atom stereocenters. The maximum absolute atomic E-state index is 12.9.